The Hall–Kier alpha value is -0.790. The standard InChI is InChI=1S/C14H24O2/c1-9(2)7-11-12(14(11,5)6)13(15)16-8-10(3)4/h7,10-12H,8H2,1-6H3/t11-,12+/m1/s1. The molecule has 1 aliphatic rings. The van der Waals surface area contributed by atoms with Crippen molar-refractivity contribution in [3.8, 4) is 0 Å². The van der Waals surface area contributed by atoms with Gasteiger partial charge in [0, 0.05) is 0 Å². The number of hydrogen-bond acceptors (Lipinski definition) is 2. The number of hydrogen-bond donors (Lipinski definition) is 0. The van der Waals surface area contributed by atoms with Crippen LogP contribution in [-0.2, 0) is 9.53 Å². The number of rotatable bonds is 4. The van der Waals surface area contributed by atoms with Gasteiger partial charge in [0.15, 0.2) is 0 Å². The molecule has 0 aromatic carbocycles. The Morgan fingerprint density at radius 2 is 1.94 bits per heavy atom. The van der Waals surface area contributed by atoms with Crippen LogP contribution in [0.3, 0.4) is 0 Å². The molecule has 2 nitrogen and oxygen atoms in total. The van der Waals surface area contributed by atoms with Crippen LogP contribution in [-0.4, -0.2) is 12.6 Å². The summed E-state index contributed by atoms with van der Waals surface area (Å²) in [7, 11) is 0. The van der Waals surface area contributed by atoms with Gasteiger partial charge in [-0.25, -0.2) is 0 Å². The minimum atomic E-state index is -0.0267. The van der Waals surface area contributed by atoms with Crippen LogP contribution >= 0.6 is 0 Å². The second kappa shape index (κ2) is 4.60. The van der Waals surface area contributed by atoms with Crippen molar-refractivity contribution < 1.29 is 9.53 Å². The van der Waals surface area contributed by atoms with Gasteiger partial charge in [0.1, 0.15) is 0 Å². The van der Waals surface area contributed by atoms with Gasteiger partial charge in [0.2, 0.25) is 0 Å². The predicted octanol–water partition coefficient (Wildman–Crippen LogP) is 3.42. The molecule has 0 heterocycles. The van der Waals surface area contributed by atoms with Crippen LogP contribution in [0.2, 0.25) is 0 Å². The molecule has 0 spiro atoms. The molecule has 0 aliphatic heterocycles. The molecule has 1 fully saturated rings. The highest BCUT2D eigenvalue weighted by Crippen LogP contribution is 2.59. The molecule has 0 bridgehead atoms. The lowest BCUT2D eigenvalue weighted by atomic mass is 10.1. The molecule has 92 valence electrons. The van der Waals surface area contributed by atoms with Crippen LogP contribution in [0.5, 0.6) is 0 Å². The number of allylic oxidation sites excluding steroid dienone is 2. The molecular formula is C14H24O2. The average Bonchev–Trinajstić information content (AvgIpc) is 2.63. The molecule has 0 radical (unpaired) electrons. The van der Waals surface area contributed by atoms with E-state index in [1.807, 2.05) is 0 Å². The lowest BCUT2D eigenvalue weighted by molar-refractivity contribution is -0.147. The monoisotopic (exact) mass is 224 g/mol. The van der Waals surface area contributed by atoms with E-state index in [1.165, 1.54) is 5.57 Å². The zero-order chi connectivity index (χ0) is 12.5. The lowest BCUT2D eigenvalue weighted by Crippen LogP contribution is -2.14. The first-order chi connectivity index (χ1) is 7.26. The van der Waals surface area contributed by atoms with Gasteiger partial charge in [-0.3, -0.25) is 4.79 Å². The van der Waals surface area contributed by atoms with Crippen molar-refractivity contribution in [3.05, 3.63) is 11.6 Å². The fraction of sp³-hybridized carbons (Fsp3) is 0.786. The van der Waals surface area contributed by atoms with Crippen molar-refractivity contribution in [2.24, 2.45) is 23.2 Å². The first kappa shape index (κ1) is 13.3. The van der Waals surface area contributed by atoms with E-state index in [2.05, 4.69) is 47.6 Å². The van der Waals surface area contributed by atoms with E-state index < -0.39 is 0 Å². The highest BCUT2D eigenvalue weighted by atomic mass is 16.5. The molecule has 0 saturated heterocycles. The van der Waals surface area contributed by atoms with Crippen LogP contribution in [0.25, 0.3) is 0 Å². The summed E-state index contributed by atoms with van der Waals surface area (Å²) in [6, 6.07) is 0. The van der Waals surface area contributed by atoms with Gasteiger partial charge < -0.3 is 4.74 Å². The van der Waals surface area contributed by atoms with Crippen molar-refractivity contribution in [1.82, 2.24) is 0 Å². The Morgan fingerprint density at radius 1 is 1.38 bits per heavy atom. The maximum Gasteiger partial charge on any atom is 0.310 e. The van der Waals surface area contributed by atoms with Crippen LogP contribution in [0.1, 0.15) is 41.5 Å². The zero-order valence-corrected chi connectivity index (χ0v) is 11.3. The Kier molecular flexibility index (Phi) is 3.82. The predicted molar refractivity (Wildman–Crippen MR) is 66.0 cm³/mol. The van der Waals surface area contributed by atoms with Gasteiger partial charge in [-0.2, -0.15) is 0 Å². The van der Waals surface area contributed by atoms with E-state index >= 15 is 0 Å². The van der Waals surface area contributed by atoms with Gasteiger partial charge in [-0.15, -0.1) is 0 Å². The van der Waals surface area contributed by atoms with Crippen molar-refractivity contribution in [3.63, 3.8) is 0 Å². The van der Waals surface area contributed by atoms with Gasteiger partial charge >= 0.3 is 5.97 Å². The largest absolute Gasteiger partial charge is 0.465 e. The molecule has 1 rings (SSSR count). The maximum absolute atomic E-state index is 11.9. The second-order valence-corrected chi connectivity index (χ2v) is 6.09. The zero-order valence-electron chi connectivity index (χ0n) is 11.3. The topological polar surface area (TPSA) is 26.3 Å². The van der Waals surface area contributed by atoms with Crippen molar-refractivity contribution >= 4 is 5.97 Å². The third kappa shape index (κ3) is 2.87. The Balaban J connectivity index is 2.56. The summed E-state index contributed by atoms with van der Waals surface area (Å²) < 4.78 is 5.31. The van der Waals surface area contributed by atoms with Crippen LogP contribution < -0.4 is 0 Å². The van der Waals surface area contributed by atoms with Gasteiger partial charge in [0.25, 0.3) is 0 Å². The summed E-state index contributed by atoms with van der Waals surface area (Å²) in [4.78, 5) is 11.9. The van der Waals surface area contributed by atoms with E-state index in [-0.39, 0.29) is 17.3 Å². The van der Waals surface area contributed by atoms with E-state index in [0.29, 0.717) is 18.4 Å². The molecule has 2 atom stereocenters. The smallest absolute Gasteiger partial charge is 0.310 e. The average molecular weight is 224 g/mol. The molecule has 0 N–H and O–H groups in total. The number of carbonyl (C=O) groups is 1. The highest BCUT2D eigenvalue weighted by molar-refractivity contribution is 5.78. The molecule has 1 saturated carbocycles. The summed E-state index contributed by atoms with van der Waals surface area (Å²) in [5.74, 6) is 0.798. The summed E-state index contributed by atoms with van der Waals surface area (Å²) in [5.41, 5.74) is 1.35. The number of carbonyl (C=O) groups excluding carboxylic acids is 1. The van der Waals surface area contributed by atoms with Crippen molar-refractivity contribution in [2.75, 3.05) is 6.61 Å². The molecule has 2 heteroatoms. The van der Waals surface area contributed by atoms with E-state index in [4.69, 9.17) is 4.74 Å². The fourth-order valence-corrected chi connectivity index (χ4v) is 2.14. The highest BCUT2D eigenvalue weighted by Gasteiger charge is 2.61. The SMILES string of the molecule is CC(C)=C[C@@H]1[C@@H](C(=O)OCC(C)C)C1(C)C. The Morgan fingerprint density at radius 3 is 2.38 bits per heavy atom. The Labute approximate surface area is 99.1 Å². The van der Waals surface area contributed by atoms with Gasteiger partial charge in [-0.05, 0) is 31.1 Å². The lowest BCUT2D eigenvalue weighted by Gasteiger charge is -2.07. The first-order valence-electron chi connectivity index (χ1n) is 6.08. The van der Waals surface area contributed by atoms with Gasteiger partial charge in [-0.1, -0.05) is 39.3 Å². The second-order valence-electron chi connectivity index (χ2n) is 6.09. The van der Waals surface area contributed by atoms with E-state index in [1.54, 1.807) is 0 Å². The Bertz CT molecular complexity index is 296. The summed E-state index contributed by atoms with van der Waals surface area (Å²) in [6.07, 6.45) is 2.20. The van der Waals surface area contributed by atoms with Crippen molar-refractivity contribution in [2.45, 2.75) is 41.5 Å². The normalized spacial score (nSPS) is 26.4. The molecule has 16 heavy (non-hydrogen) atoms. The van der Waals surface area contributed by atoms with Crippen LogP contribution in [0, 0.1) is 23.2 Å². The molecule has 0 amide bonds. The number of ether oxygens (including phenoxy) is 1. The third-order valence-corrected chi connectivity index (χ3v) is 3.24. The van der Waals surface area contributed by atoms with Crippen molar-refractivity contribution in [1.29, 1.82) is 0 Å². The van der Waals surface area contributed by atoms with Crippen LogP contribution in [0.4, 0.5) is 0 Å². The molecule has 0 aromatic rings. The van der Waals surface area contributed by atoms with E-state index in [0.717, 1.165) is 0 Å². The molecule has 0 aromatic heterocycles. The maximum atomic E-state index is 11.9. The first-order valence-corrected chi connectivity index (χ1v) is 6.08. The summed E-state index contributed by atoms with van der Waals surface area (Å²) in [6.45, 7) is 13.1. The minimum Gasteiger partial charge on any atom is -0.465 e. The molecule has 0 unspecified atom stereocenters. The number of esters is 1. The minimum absolute atomic E-state index is 0.0267. The quantitative estimate of drug-likeness (QED) is 0.540. The molecular weight excluding hydrogens is 200 g/mol. The molecule has 1 aliphatic carbocycles. The van der Waals surface area contributed by atoms with E-state index in [9.17, 15) is 4.79 Å². The van der Waals surface area contributed by atoms with Crippen LogP contribution in [0.15, 0.2) is 11.6 Å². The van der Waals surface area contributed by atoms with Gasteiger partial charge in [0.05, 0.1) is 12.5 Å². The third-order valence-electron chi connectivity index (χ3n) is 3.24. The summed E-state index contributed by atoms with van der Waals surface area (Å²) in [5, 5.41) is 0. The fourth-order valence-electron chi connectivity index (χ4n) is 2.14. The summed E-state index contributed by atoms with van der Waals surface area (Å²) >= 11 is 0.